The van der Waals surface area contributed by atoms with Gasteiger partial charge in [-0.2, -0.15) is 0 Å². The van der Waals surface area contributed by atoms with Gasteiger partial charge in [0.25, 0.3) is 0 Å². The van der Waals surface area contributed by atoms with Crippen LogP contribution in [0.25, 0.3) is 11.1 Å². The molecule has 166 valence electrons. The fourth-order valence-electron chi connectivity index (χ4n) is 3.03. The lowest BCUT2D eigenvalue weighted by molar-refractivity contribution is -0.145. The first-order chi connectivity index (χ1) is 15.3. The number of esters is 1. The van der Waals surface area contributed by atoms with E-state index in [1.807, 2.05) is 0 Å². The minimum absolute atomic E-state index is 0.105. The maximum Gasteiger partial charge on any atom is 0.344 e. The molecule has 3 aromatic carbocycles. The Hall–Kier alpha value is -3.68. The van der Waals surface area contributed by atoms with Gasteiger partial charge in [0.1, 0.15) is 17.5 Å². The number of ether oxygens (including phenoxy) is 2. The van der Waals surface area contributed by atoms with Gasteiger partial charge in [-0.3, -0.25) is 4.79 Å². The molecule has 32 heavy (non-hydrogen) atoms. The van der Waals surface area contributed by atoms with Gasteiger partial charge in [-0.1, -0.05) is 18.2 Å². The maximum atomic E-state index is 14.7. The fourth-order valence-corrected chi connectivity index (χ4v) is 3.03. The molecule has 0 atom stereocenters. The summed E-state index contributed by atoms with van der Waals surface area (Å²) in [4.78, 5) is 24.1. The highest BCUT2D eigenvalue weighted by atomic mass is 19.1. The summed E-state index contributed by atoms with van der Waals surface area (Å²) < 4.78 is 66.5. The highest BCUT2D eigenvalue weighted by Gasteiger charge is 2.21. The van der Waals surface area contributed by atoms with Gasteiger partial charge in [0.05, 0.1) is 12.2 Å². The normalized spacial score (nSPS) is 10.7. The molecule has 0 amide bonds. The Bertz CT molecular complexity index is 1160. The van der Waals surface area contributed by atoms with E-state index in [0.29, 0.717) is 11.1 Å². The zero-order chi connectivity index (χ0) is 23.3. The summed E-state index contributed by atoms with van der Waals surface area (Å²) in [6.07, 6.45) is -0.794. The van der Waals surface area contributed by atoms with E-state index < -0.39 is 64.9 Å². The predicted molar refractivity (Wildman–Crippen MR) is 108 cm³/mol. The Morgan fingerprint density at radius 1 is 0.875 bits per heavy atom. The van der Waals surface area contributed by atoms with Gasteiger partial charge in [-0.05, 0) is 54.4 Å². The number of benzene rings is 3. The average molecular weight is 446 g/mol. The van der Waals surface area contributed by atoms with Crippen molar-refractivity contribution >= 4 is 11.8 Å². The maximum absolute atomic E-state index is 14.7. The molecule has 8 heteroatoms. The molecular weight excluding hydrogens is 428 g/mol. The number of hydrogen-bond donors (Lipinski definition) is 0. The van der Waals surface area contributed by atoms with Crippen LogP contribution in [-0.4, -0.2) is 25.0 Å². The summed E-state index contributed by atoms with van der Waals surface area (Å²) in [6, 6.07) is 10.9. The van der Waals surface area contributed by atoms with Crippen LogP contribution in [0.1, 0.15) is 22.8 Å². The monoisotopic (exact) mass is 446 g/mol. The molecule has 0 saturated carbocycles. The molecule has 0 radical (unpaired) electrons. The molecule has 0 heterocycles. The molecule has 0 unspecified atom stereocenters. The molecule has 0 aromatic heterocycles. The summed E-state index contributed by atoms with van der Waals surface area (Å²) in [7, 11) is 0. The number of carbonyl (C=O) groups is 2. The van der Waals surface area contributed by atoms with Crippen LogP contribution in [0.5, 0.6) is 5.75 Å². The molecule has 0 fully saturated rings. The van der Waals surface area contributed by atoms with Crippen LogP contribution in [0.2, 0.25) is 0 Å². The molecule has 3 aromatic rings. The van der Waals surface area contributed by atoms with E-state index in [9.17, 15) is 27.2 Å². The van der Waals surface area contributed by atoms with Gasteiger partial charge < -0.3 is 9.47 Å². The lowest BCUT2D eigenvalue weighted by atomic mass is 9.97. The molecule has 4 nitrogen and oxygen atoms in total. The molecule has 0 bridgehead atoms. The number of ketones is 1. The van der Waals surface area contributed by atoms with E-state index in [0.717, 1.165) is 18.2 Å². The zero-order valence-electron chi connectivity index (χ0n) is 17.0. The second-order valence-electron chi connectivity index (χ2n) is 6.74. The number of Topliss-reactive ketones (excluding diaryl/α,β-unsaturated/α-hetero) is 1. The Balaban J connectivity index is 1.86. The average Bonchev–Trinajstić information content (AvgIpc) is 2.76. The quantitative estimate of drug-likeness (QED) is 0.269. The van der Waals surface area contributed by atoms with E-state index in [1.165, 1.54) is 30.3 Å². The van der Waals surface area contributed by atoms with E-state index in [4.69, 9.17) is 4.74 Å². The lowest BCUT2D eigenvalue weighted by Gasteiger charge is -2.11. The Kier molecular flexibility index (Phi) is 7.25. The highest BCUT2D eigenvalue weighted by molar-refractivity contribution is 5.99. The first-order valence-corrected chi connectivity index (χ1v) is 9.64. The van der Waals surface area contributed by atoms with Crippen molar-refractivity contribution in [3.05, 3.63) is 89.0 Å². The van der Waals surface area contributed by atoms with E-state index >= 15 is 0 Å². The number of halogens is 4. The third kappa shape index (κ3) is 5.32. The smallest absolute Gasteiger partial charge is 0.344 e. The van der Waals surface area contributed by atoms with E-state index in [-0.39, 0.29) is 6.61 Å². The SMILES string of the molecule is CCOC(=O)COc1ccc(F)c(CC(=O)c2cc(-c3cccc(F)c3)ccc2F)c1F. The first-order valence-electron chi connectivity index (χ1n) is 9.64. The molecule has 0 spiro atoms. The van der Waals surface area contributed by atoms with Crippen LogP contribution in [0.15, 0.2) is 54.6 Å². The van der Waals surface area contributed by atoms with Crippen LogP contribution in [0.3, 0.4) is 0 Å². The second-order valence-corrected chi connectivity index (χ2v) is 6.74. The third-order valence-electron chi connectivity index (χ3n) is 4.56. The molecule has 0 aliphatic rings. The van der Waals surface area contributed by atoms with E-state index in [2.05, 4.69) is 4.74 Å². The number of rotatable bonds is 8. The Morgan fingerprint density at radius 2 is 1.59 bits per heavy atom. The third-order valence-corrected chi connectivity index (χ3v) is 4.56. The molecular formula is C24H18F4O4. The number of carbonyl (C=O) groups excluding carboxylic acids is 2. The lowest BCUT2D eigenvalue weighted by Crippen LogP contribution is -2.16. The molecule has 0 N–H and O–H groups in total. The van der Waals surface area contributed by atoms with Crippen molar-refractivity contribution in [2.24, 2.45) is 0 Å². The van der Waals surface area contributed by atoms with Crippen LogP contribution in [0, 0.1) is 23.3 Å². The standard InChI is InChI=1S/C24H18F4O4/c1-2-31-23(30)13-32-22-9-8-20(27)18(24(22)28)12-21(29)17-11-15(6-7-19(17)26)14-4-3-5-16(25)10-14/h3-11H,2,12-13H2,1H3. The second kappa shape index (κ2) is 10.1. The Labute approximate surface area is 181 Å². The summed E-state index contributed by atoms with van der Waals surface area (Å²) >= 11 is 0. The largest absolute Gasteiger partial charge is 0.479 e. The molecule has 3 rings (SSSR count). The van der Waals surface area contributed by atoms with Gasteiger partial charge in [0.15, 0.2) is 24.0 Å². The zero-order valence-corrected chi connectivity index (χ0v) is 17.0. The molecule has 0 saturated heterocycles. The van der Waals surface area contributed by atoms with Crippen LogP contribution < -0.4 is 4.74 Å². The Morgan fingerprint density at radius 3 is 2.31 bits per heavy atom. The first kappa shape index (κ1) is 23.0. The predicted octanol–water partition coefficient (Wildman–Crippen LogP) is 5.28. The van der Waals surface area contributed by atoms with Crippen molar-refractivity contribution in [2.75, 3.05) is 13.2 Å². The van der Waals surface area contributed by atoms with E-state index in [1.54, 1.807) is 13.0 Å². The summed E-state index contributed by atoms with van der Waals surface area (Å²) in [5.41, 5.74) is -0.261. The van der Waals surface area contributed by atoms with Gasteiger partial charge in [0.2, 0.25) is 0 Å². The fraction of sp³-hybridized carbons (Fsp3) is 0.167. The number of hydrogen-bond acceptors (Lipinski definition) is 4. The highest BCUT2D eigenvalue weighted by Crippen LogP contribution is 2.27. The van der Waals surface area contributed by atoms with Crippen LogP contribution in [0.4, 0.5) is 17.6 Å². The minimum atomic E-state index is -1.18. The molecule has 0 aliphatic heterocycles. The van der Waals surface area contributed by atoms with Crippen molar-refractivity contribution in [1.82, 2.24) is 0 Å². The van der Waals surface area contributed by atoms with Crippen molar-refractivity contribution in [3.63, 3.8) is 0 Å². The van der Waals surface area contributed by atoms with Gasteiger partial charge in [-0.15, -0.1) is 0 Å². The van der Waals surface area contributed by atoms with Crippen LogP contribution in [-0.2, 0) is 16.0 Å². The van der Waals surface area contributed by atoms with Crippen molar-refractivity contribution < 1.29 is 36.6 Å². The van der Waals surface area contributed by atoms with Gasteiger partial charge in [0, 0.05) is 12.0 Å². The molecule has 0 aliphatic carbocycles. The summed E-state index contributed by atoms with van der Waals surface area (Å²) in [6.45, 7) is 1.09. The summed E-state index contributed by atoms with van der Waals surface area (Å²) in [5.74, 6) is -5.68. The van der Waals surface area contributed by atoms with Crippen molar-refractivity contribution in [3.8, 4) is 16.9 Å². The topological polar surface area (TPSA) is 52.6 Å². The summed E-state index contributed by atoms with van der Waals surface area (Å²) in [5, 5.41) is 0. The van der Waals surface area contributed by atoms with Gasteiger partial charge in [-0.25, -0.2) is 22.4 Å². The van der Waals surface area contributed by atoms with Gasteiger partial charge >= 0.3 is 5.97 Å². The van der Waals surface area contributed by atoms with Crippen LogP contribution >= 0.6 is 0 Å². The van der Waals surface area contributed by atoms with Crippen molar-refractivity contribution in [2.45, 2.75) is 13.3 Å². The van der Waals surface area contributed by atoms with Crippen molar-refractivity contribution in [1.29, 1.82) is 0 Å². The minimum Gasteiger partial charge on any atom is -0.479 e.